The molecule has 9 heteroatoms. The van der Waals surface area contributed by atoms with Crippen molar-refractivity contribution in [2.75, 3.05) is 6.61 Å². The minimum atomic E-state index is -0.743. The Kier molecular flexibility index (Phi) is 11.2. The summed E-state index contributed by atoms with van der Waals surface area (Å²) in [6.45, 7) is 6.01. The van der Waals surface area contributed by atoms with Gasteiger partial charge in [-0.2, -0.15) is 5.10 Å². The molecule has 2 N–H and O–H groups in total. The van der Waals surface area contributed by atoms with Gasteiger partial charge in [-0.3, -0.25) is 9.59 Å². The van der Waals surface area contributed by atoms with Gasteiger partial charge < -0.3 is 14.8 Å². The van der Waals surface area contributed by atoms with Crippen molar-refractivity contribution in [3.8, 4) is 11.5 Å². The van der Waals surface area contributed by atoms with E-state index >= 15 is 0 Å². The van der Waals surface area contributed by atoms with E-state index in [0.29, 0.717) is 29.5 Å². The van der Waals surface area contributed by atoms with E-state index in [2.05, 4.69) is 31.8 Å². The van der Waals surface area contributed by atoms with Crippen molar-refractivity contribution >= 4 is 45.6 Å². The summed E-state index contributed by atoms with van der Waals surface area (Å²) < 4.78 is 12.2. The maximum Gasteiger partial charge on any atom is 0.262 e. The van der Waals surface area contributed by atoms with Crippen molar-refractivity contribution in [2.45, 2.75) is 39.8 Å². The number of ether oxygens (including phenoxy) is 2. The van der Waals surface area contributed by atoms with Gasteiger partial charge in [0.2, 0.25) is 0 Å². The van der Waals surface area contributed by atoms with Crippen LogP contribution in [0.3, 0.4) is 0 Å². The third-order valence-electron chi connectivity index (χ3n) is 5.50. The van der Waals surface area contributed by atoms with Crippen LogP contribution in [0, 0.1) is 12.8 Å². The highest BCUT2D eigenvalue weighted by Crippen LogP contribution is 2.27. The Balaban J connectivity index is 1.54. The second-order valence-electron chi connectivity index (χ2n) is 9.11. The fraction of sp³-hybridized carbons (Fsp3) is 0.276. The lowest BCUT2D eigenvalue weighted by Gasteiger charge is -2.19. The van der Waals surface area contributed by atoms with E-state index in [-0.39, 0.29) is 18.4 Å². The number of aryl methyl sites for hydroxylation is 1. The van der Waals surface area contributed by atoms with Gasteiger partial charge in [0.05, 0.1) is 10.7 Å². The maximum absolute atomic E-state index is 12.8. The molecule has 3 aromatic rings. The number of nitrogens with one attached hydrogen (secondary N) is 2. The van der Waals surface area contributed by atoms with Crippen molar-refractivity contribution in [1.29, 1.82) is 0 Å². The van der Waals surface area contributed by atoms with Crippen molar-refractivity contribution in [3.05, 3.63) is 92.9 Å². The zero-order chi connectivity index (χ0) is 27.5. The molecule has 0 radical (unpaired) electrons. The summed E-state index contributed by atoms with van der Waals surface area (Å²) in [6.07, 6.45) is 1.98. The molecule has 0 spiro atoms. The molecular weight excluding hydrogens is 570 g/mol. The maximum atomic E-state index is 12.8. The number of para-hydroxylation sites is 1. The molecule has 0 aliphatic carbocycles. The van der Waals surface area contributed by atoms with Gasteiger partial charge in [-0.1, -0.05) is 61.8 Å². The number of nitrogens with zero attached hydrogens (tertiary/aromatic N) is 1. The van der Waals surface area contributed by atoms with Crippen LogP contribution < -0.4 is 20.2 Å². The molecule has 1 atom stereocenters. The molecule has 0 unspecified atom stereocenters. The quantitative estimate of drug-likeness (QED) is 0.196. The minimum absolute atomic E-state index is 0.182. The van der Waals surface area contributed by atoms with Crippen LogP contribution in [0.5, 0.6) is 11.5 Å². The summed E-state index contributed by atoms with van der Waals surface area (Å²) in [6, 6.07) is 19.7. The highest BCUT2D eigenvalue weighted by Gasteiger charge is 2.22. The van der Waals surface area contributed by atoms with E-state index < -0.39 is 11.9 Å². The van der Waals surface area contributed by atoms with E-state index in [0.717, 1.165) is 21.2 Å². The van der Waals surface area contributed by atoms with Crippen molar-refractivity contribution < 1.29 is 19.1 Å². The van der Waals surface area contributed by atoms with Crippen LogP contribution in [0.25, 0.3) is 0 Å². The summed E-state index contributed by atoms with van der Waals surface area (Å²) in [5.74, 6) is 0.677. The topological polar surface area (TPSA) is 89.0 Å². The lowest BCUT2D eigenvalue weighted by atomic mass is 10.0. The summed E-state index contributed by atoms with van der Waals surface area (Å²) >= 11 is 9.70. The first-order valence-electron chi connectivity index (χ1n) is 12.2. The van der Waals surface area contributed by atoms with Gasteiger partial charge in [-0.25, -0.2) is 5.43 Å². The first kappa shape index (κ1) is 29.2. The van der Waals surface area contributed by atoms with Crippen LogP contribution in [-0.2, 0) is 16.2 Å². The summed E-state index contributed by atoms with van der Waals surface area (Å²) in [7, 11) is 0. The molecule has 38 heavy (non-hydrogen) atoms. The zero-order valence-electron chi connectivity index (χ0n) is 21.5. The van der Waals surface area contributed by atoms with Crippen LogP contribution in [0.4, 0.5) is 0 Å². The number of carbonyl (C=O) groups is 2. The molecule has 3 aromatic carbocycles. The van der Waals surface area contributed by atoms with Gasteiger partial charge in [0, 0.05) is 10.6 Å². The lowest BCUT2D eigenvalue weighted by Crippen LogP contribution is -2.47. The number of carbonyl (C=O) groups excluding carboxylic acids is 2. The van der Waals surface area contributed by atoms with E-state index in [1.54, 1.807) is 12.1 Å². The van der Waals surface area contributed by atoms with Gasteiger partial charge in [-0.15, -0.1) is 0 Å². The fourth-order valence-corrected chi connectivity index (χ4v) is 4.24. The number of benzene rings is 3. The third kappa shape index (κ3) is 9.19. The van der Waals surface area contributed by atoms with Crippen LogP contribution in [0.15, 0.2) is 76.3 Å². The van der Waals surface area contributed by atoms with E-state index in [9.17, 15) is 9.59 Å². The molecule has 0 heterocycles. The normalized spacial score (nSPS) is 11.8. The Labute approximate surface area is 236 Å². The van der Waals surface area contributed by atoms with Crippen molar-refractivity contribution in [3.63, 3.8) is 0 Å². The van der Waals surface area contributed by atoms with E-state index in [1.165, 1.54) is 6.21 Å². The summed E-state index contributed by atoms with van der Waals surface area (Å²) in [5.41, 5.74) is 5.09. The smallest absolute Gasteiger partial charge is 0.262 e. The molecule has 2 amide bonds. The number of halogens is 2. The largest absolute Gasteiger partial charge is 0.488 e. The number of rotatable bonds is 12. The second-order valence-corrected chi connectivity index (χ2v) is 10.4. The molecular formula is C29H31BrClN3O4. The van der Waals surface area contributed by atoms with Crippen LogP contribution in [0.2, 0.25) is 5.02 Å². The predicted octanol–water partition coefficient (Wildman–Crippen LogP) is 6.05. The first-order chi connectivity index (χ1) is 18.2. The van der Waals surface area contributed by atoms with Crippen molar-refractivity contribution in [1.82, 2.24) is 10.7 Å². The summed E-state index contributed by atoms with van der Waals surface area (Å²) in [5, 5.41) is 7.47. The Morgan fingerprint density at radius 1 is 1.03 bits per heavy atom. The number of hydrogen-bond acceptors (Lipinski definition) is 5. The molecule has 0 aliphatic rings. The van der Waals surface area contributed by atoms with Crippen LogP contribution in [-0.4, -0.2) is 30.7 Å². The van der Waals surface area contributed by atoms with Gasteiger partial charge in [0.15, 0.2) is 6.61 Å². The number of hydrogen-bond donors (Lipinski definition) is 2. The predicted molar refractivity (Wildman–Crippen MR) is 154 cm³/mol. The van der Waals surface area contributed by atoms with Gasteiger partial charge in [-0.05, 0) is 76.7 Å². The van der Waals surface area contributed by atoms with E-state index in [4.69, 9.17) is 21.1 Å². The standard InChI is InChI=1S/C29H31BrClN3O4/c1-19(2)14-25(33-28(35)18-38-26-11-7-4-8-20(26)3)29(36)34-32-16-21-12-13-27(23(30)15-21)37-17-22-9-5-6-10-24(22)31/h4-13,15-16,19,25H,14,17-18H2,1-3H3,(H,33,35)(H,34,36)/b32-16-/t25-/m1/s1. The minimum Gasteiger partial charge on any atom is -0.488 e. The zero-order valence-corrected chi connectivity index (χ0v) is 23.9. The Morgan fingerprint density at radius 2 is 1.76 bits per heavy atom. The molecule has 3 rings (SSSR count). The monoisotopic (exact) mass is 599 g/mol. The Hall–Kier alpha value is -3.36. The highest BCUT2D eigenvalue weighted by atomic mass is 79.9. The molecule has 0 aliphatic heterocycles. The average molecular weight is 601 g/mol. The molecule has 0 aromatic heterocycles. The highest BCUT2D eigenvalue weighted by molar-refractivity contribution is 9.10. The molecule has 7 nitrogen and oxygen atoms in total. The fourth-order valence-electron chi connectivity index (χ4n) is 3.53. The number of hydrazone groups is 1. The average Bonchev–Trinajstić information content (AvgIpc) is 2.88. The molecule has 0 saturated carbocycles. The van der Waals surface area contributed by atoms with Crippen LogP contribution in [0.1, 0.15) is 37.0 Å². The van der Waals surface area contributed by atoms with Gasteiger partial charge in [0.1, 0.15) is 24.1 Å². The van der Waals surface area contributed by atoms with Gasteiger partial charge >= 0.3 is 0 Å². The Bertz CT molecular complexity index is 1280. The molecule has 200 valence electrons. The van der Waals surface area contributed by atoms with Crippen LogP contribution >= 0.6 is 27.5 Å². The lowest BCUT2D eigenvalue weighted by molar-refractivity contribution is -0.130. The third-order valence-corrected chi connectivity index (χ3v) is 6.48. The van der Waals surface area contributed by atoms with E-state index in [1.807, 2.05) is 75.4 Å². The van der Waals surface area contributed by atoms with Crippen molar-refractivity contribution in [2.24, 2.45) is 11.0 Å². The van der Waals surface area contributed by atoms with Gasteiger partial charge in [0.25, 0.3) is 11.8 Å². The molecule has 0 bridgehead atoms. The molecule has 0 saturated heterocycles. The number of amides is 2. The first-order valence-corrected chi connectivity index (χ1v) is 13.4. The second kappa shape index (κ2) is 14.5. The summed E-state index contributed by atoms with van der Waals surface area (Å²) in [4.78, 5) is 25.3. The molecule has 0 fully saturated rings. The Morgan fingerprint density at radius 3 is 2.47 bits per heavy atom. The SMILES string of the molecule is Cc1ccccc1OCC(=O)N[C@H](CC(C)C)C(=O)N/N=C\c1ccc(OCc2ccccc2Cl)c(Br)c1.